The normalized spacial score (nSPS) is 28.6. The molecule has 164 valence electrons. The van der Waals surface area contributed by atoms with Crippen molar-refractivity contribution in [3.8, 4) is 0 Å². The van der Waals surface area contributed by atoms with Gasteiger partial charge in [0.05, 0.1) is 6.54 Å². The molecule has 0 aromatic rings. The van der Waals surface area contributed by atoms with Gasteiger partial charge in [0.2, 0.25) is 11.8 Å². The molecule has 3 unspecified atom stereocenters. The molecule has 0 bridgehead atoms. The number of carbonyl (C=O) groups excluding carboxylic acids is 2. The molecule has 2 heterocycles. The number of hydrogen-bond acceptors (Lipinski definition) is 5. The second-order valence-electron chi connectivity index (χ2n) is 8.12. The van der Waals surface area contributed by atoms with Crippen LogP contribution in [0.3, 0.4) is 0 Å². The molecule has 3 fully saturated rings. The summed E-state index contributed by atoms with van der Waals surface area (Å²) in [4.78, 5) is 28.9. The van der Waals surface area contributed by atoms with E-state index < -0.39 is 0 Å². The highest BCUT2D eigenvalue weighted by Gasteiger charge is 2.26. The first-order valence-corrected chi connectivity index (χ1v) is 11.4. The van der Waals surface area contributed by atoms with E-state index in [0.29, 0.717) is 25.0 Å². The zero-order valence-electron chi connectivity index (χ0n) is 16.9. The molecule has 0 spiro atoms. The maximum atomic E-state index is 12.5. The minimum atomic E-state index is 0. The van der Waals surface area contributed by atoms with Crippen molar-refractivity contribution in [3.63, 3.8) is 0 Å². The first-order chi connectivity index (χ1) is 12.6. The summed E-state index contributed by atoms with van der Waals surface area (Å²) in [5.41, 5.74) is 0. The van der Waals surface area contributed by atoms with E-state index in [1.165, 1.54) is 12.8 Å². The molecule has 0 radical (unpaired) electrons. The van der Waals surface area contributed by atoms with Crippen molar-refractivity contribution in [1.29, 1.82) is 0 Å². The van der Waals surface area contributed by atoms with Crippen molar-refractivity contribution in [2.24, 2.45) is 5.92 Å². The van der Waals surface area contributed by atoms with Gasteiger partial charge in [0.1, 0.15) is 0 Å². The van der Waals surface area contributed by atoms with Crippen molar-refractivity contribution in [2.75, 3.05) is 50.8 Å². The molecule has 2 aliphatic heterocycles. The number of thioether (sulfide) groups is 1. The van der Waals surface area contributed by atoms with Gasteiger partial charge in [0.15, 0.2) is 0 Å². The molecule has 2 saturated heterocycles. The summed E-state index contributed by atoms with van der Waals surface area (Å²) in [6, 6.07) is 0.679. The summed E-state index contributed by atoms with van der Waals surface area (Å²) in [6.07, 6.45) is 5.35. The third-order valence-corrected chi connectivity index (χ3v) is 6.94. The lowest BCUT2D eigenvalue weighted by Gasteiger charge is -2.36. The number of rotatable bonds is 5. The van der Waals surface area contributed by atoms with E-state index in [0.717, 1.165) is 63.0 Å². The van der Waals surface area contributed by atoms with Gasteiger partial charge >= 0.3 is 0 Å². The smallest absolute Gasteiger partial charge is 0.234 e. The van der Waals surface area contributed by atoms with Crippen LogP contribution in [0.15, 0.2) is 0 Å². The summed E-state index contributed by atoms with van der Waals surface area (Å²) in [6.45, 7) is 6.83. The quantitative estimate of drug-likeness (QED) is 0.662. The molecule has 2 amide bonds. The Balaban J connectivity index is 0.00000196. The van der Waals surface area contributed by atoms with E-state index >= 15 is 0 Å². The highest BCUT2D eigenvalue weighted by molar-refractivity contribution is 7.99. The van der Waals surface area contributed by atoms with E-state index in [1.54, 1.807) is 0 Å². The van der Waals surface area contributed by atoms with Crippen LogP contribution in [0.25, 0.3) is 0 Å². The zero-order chi connectivity index (χ0) is 18.4. The maximum absolute atomic E-state index is 12.5. The Labute approximate surface area is 186 Å². The Kier molecular flexibility index (Phi) is 12.1. The number of halogens is 2. The Hall–Kier alpha value is -0.210. The molecule has 6 nitrogen and oxygen atoms in total. The topological polar surface area (TPSA) is 64.7 Å². The van der Waals surface area contributed by atoms with Crippen LogP contribution in [0.1, 0.15) is 39.0 Å². The Bertz CT molecular complexity index is 487. The second kappa shape index (κ2) is 13.2. The number of nitrogens with zero attached hydrogens (tertiary/aromatic N) is 2. The molecule has 1 saturated carbocycles. The fourth-order valence-corrected chi connectivity index (χ4v) is 5.24. The van der Waals surface area contributed by atoms with Crippen molar-refractivity contribution >= 4 is 48.4 Å². The van der Waals surface area contributed by atoms with E-state index in [9.17, 15) is 9.59 Å². The molecule has 3 aliphatic rings. The van der Waals surface area contributed by atoms with E-state index in [-0.39, 0.29) is 36.6 Å². The number of amides is 2. The van der Waals surface area contributed by atoms with Crippen LogP contribution < -0.4 is 10.6 Å². The summed E-state index contributed by atoms with van der Waals surface area (Å²) in [5, 5.41) is 6.65. The molecule has 0 aromatic carbocycles. The maximum Gasteiger partial charge on any atom is 0.234 e. The van der Waals surface area contributed by atoms with Crippen LogP contribution in [0.4, 0.5) is 0 Å². The number of carbonyl (C=O) groups is 2. The first kappa shape index (κ1) is 25.8. The Morgan fingerprint density at radius 2 is 1.89 bits per heavy atom. The van der Waals surface area contributed by atoms with E-state index in [1.807, 2.05) is 16.7 Å². The van der Waals surface area contributed by atoms with Crippen LogP contribution in [0.5, 0.6) is 0 Å². The zero-order valence-corrected chi connectivity index (χ0v) is 19.3. The Morgan fingerprint density at radius 1 is 1.14 bits per heavy atom. The fraction of sp³-hybridized carbons (Fsp3) is 0.895. The molecule has 9 heteroatoms. The van der Waals surface area contributed by atoms with Crippen LogP contribution in [0.2, 0.25) is 0 Å². The van der Waals surface area contributed by atoms with Crippen LogP contribution >= 0.6 is 36.6 Å². The number of nitrogens with one attached hydrogen (secondary N) is 2. The lowest BCUT2D eigenvalue weighted by molar-refractivity contribution is -0.133. The van der Waals surface area contributed by atoms with Gasteiger partial charge in [0, 0.05) is 62.7 Å². The van der Waals surface area contributed by atoms with Crippen molar-refractivity contribution in [2.45, 2.75) is 51.1 Å². The molecule has 2 N–H and O–H groups in total. The van der Waals surface area contributed by atoms with Gasteiger partial charge in [-0.15, -0.1) is 24.8 Å². The van der Waals surface area contributed by atoms with Gasteiger partial charge in [-0.05, 0) is 18.8 Å². The largest absolute Gasteiger partial charge is 0.352 e. The predicted octanol–water partition coefficient (Wildman–Crippen LogP) is 1.76. The lowest BCUT2D eigenvalue weighted by atomic mass is 9.87. The van der Waals surface area contributed by atoms with Crippen molar-refractivity contribution in [1.82, 2.24) is 20.4 Å². The minimum absolute atomic E-state index is 0. The van der Waals surface area contributed by atoms with Gasteiger partial charge in [-0.25, -0.2) is 0 Å². The van der Waals surface area contributed by atoms with E-state index in [4.69, 9.17) is 0 Å². The molecule has 3 rings (SSSR count). The summed E-state index contributed by atoms with van der Waals surface area (Å²) < 4.78 is 0. The highest BCUT2D eigenvalue weighted by Crippen LogP contribution is 2.23. The monoisotopic (exact) mass is 454 g/mol. The molecular weight excluding hydrogens is 419 g/mol. The third-order valence-electron chi connectivity index (χ3n) is 5.81. The number of hydrogen-bond donors (Lipinski definition) is 2. The first-order valence-electron chi connectivity index (χ1n) is 10.2. The summed E-state index contributed by atoms with van der Waals surface area (Å²) in [5.74, 6) is 3.30. The third kappa shape index (κ3) is 8.27. The average Bonchev–Trinajstić information content (AvgIpc) is 2.63. The standard InChI is InChI=1S/C19H34N4O2S.2ClH/c1-15-3-2-4-16(11-15)21-18(24)13-22-6-8-23(9-7-22)19(25)12-17-14-26-10-5-20-17;;/h15-17,20H,2-14H2,1H3,(H,21,24);2*1H. The highest BCUT2D eigenvalue weighted by atomic mass is 35.5. The summed E-state index contributed by atoms with van der Waals surface area (Å²) >= 11 is 1.93. The Morgan fingerprint density at radius 3 is 2.54 bits per heavy atom. The van der Waals surface area contributed by atoms with Gasteiger partial charge in [-0.3, -0.25) is 14.5 Å². The van der Waals surface area contributed by atoms with Crippen molar-refractivity contribution in [3.05, 3.63) is 0 Å². The van der Waals surface area contributed by atoms with Crippen LogP contribution in [-0.2, 0) is 9.59 Å². The van der Waals surface area contributed by atoms with E-state index in [2.05, 4.69) is 22.5 Å². The van der Waals surface area contributed by atoms with Gasteiger partial charge in [0.25, 0.3) is 0 Å². The van der Waals surface area contributed by atoms with Crippen LogP contribution in [-0.4, -0.2) is 84.5 Å². The minimum Gasteiger partial charge on any atom is -0.352 e. The van der Waals surface area contributed by atoms with Gasteiger partial charge < -0.3 is 15.5 Å². The number of piperazine rings is 1. The molecule has 0 aromatic heterocycles. The van der Waals surface area contributed by atoms with Gasteiger partial charge in [-0.1, -0.05) is 19.8 Å². The fourth-order valence-electron chi connectivity index (χ4n) is 4.29. The lowest BCUT2D eigenvalue weighted by Crippen LogP contribution is -2.53. The van der Waals surface area contributed by atoms with Crippen molar-refractivity contribution < 1.29 is 9.59 Å². The average molecular weight is 455 g/mol. The van der Waals surface area contributed by atoms with Crippen LogP contribution in [0, 0.1) is 5.92 Å². The second-order valence-corrected chi connectivity index (χ2v) is 9.27. The molecular formula is C19H36Cl2N4O2S. The SMILES string of the molecule is CC1CCCC(NC(=O)CN2CCN(C(=O)CC3CSCCN3)CC2)C1.Cl.Cl. The summed E-state index contributed by atoms with van der Waals surface area (Å²) in [7, 11) is 0. The van der Waals surface area contributed by atoms with Gasteiger partial charge in [-0.2, -0.15) is 11.8 Å². The predicted molar refractivity (Wildman–Crippen MR) is 121 cm³/mol. The molecule has 1 aliphatic carbocycles. The molecule has 28 heavy (non-hydrogen) atoms. The molecule has 3 atom stereocenters.